The number of aliphatic hydroxyl groups is 4. The van der Waals surface area contributed by atoms with Crippen molar-refractivity contribution in [3.05, 3.63) is 35.9 Å². The van der Waals surface area contributed by atoms with Crippen LogP contribution in [0.4, 0.5) is 0 Å². The predicted octanol–water partition coefficient (Wildman–Crippen LogP) is 0.172. The molecule has 6 N–H and O–H groups in total. The van der Waals surface area contributed by atoms with Crippen LogP contribution < -0.4 is 5.32 Å². The molecule has 152 valence electrons. The van der Waals surface area contributed by atoms with Gasteiger partial charge >= 0.3 is 5.97 Å². The number of carbonyl (C=O) groups is 1. The van der Waals surface area contributed by atoms with Crippen LogP contribution in [0.3, 0.4) is 0 Å². The summed E-state index contributed by atoms with van der Waals surface area (Å²) in [7, 11) is 0. The average Bonchev–Trinajstić information content (AvgIpc) is 2.65. The molecule has 2 unspecified atom stereocenters. The Labute approximate surface area is 163 Å². The Morgan fingerprint density at radius 2 is 1.81 bits per heavy atom. The number of aliphatic hydroxyl groups excluding tert-OH is 4. The molecule has 7 nitrogen and oxygen atoms in total. The number of thioether (sulfide) groups is 1. The van der Waals surface area contributed by atoms with Crippen LogP contribution in [0.15, 0.2) is 30.3 Å². The first-order chi connectivity index (χ1) is 12.8. The molecule has 27 heavy (non-hydrogen) atoms. The number of rotatable bonds is 9. The minimum Gasteiger partial charge on any atom is -0.481 e. The highest BCUT2D eigenvalue weighted by molar-refractivity contribution is 8.00. The van der Waals surface area contributed by atoms with Crippen LogP contribution in [0.2, 0.25) is 0 Å². The van der Waals surface area contributed by atoms with Gasteiger partial charge in [0.2, 0.25) is 0 Å². The SMILES string of the molecule is CC(CC(c1ccccc1)[C@@H]1S[C@H](CO)[C@H](O)[C@H](O)[C@H]1O)NCCC(=O)O. The van der Waals surface area contributed by atoms with Crippen molar-refractivity contribution in [3.8, 4) is 0 Å². The minimum atomic E-state index is -1.32. The lowest BCUT2D eigenvalue weighted by molar-refractivity contribution is -0.136. The van der Waals surface area contributed by atoms with Gasteiger partial charge in [0.15, 0.2) is 0 Å². The monoisotopic (exact) mass is 399 g/mol. The molecule has 1 aromatic carbocycles. The lowest BCUT2D eigenvalue weighted by atomic mass is 9.84. The van der Waals surface area contributed by atoms with E-state index in [0.717, 1.165) is 5.56 Å². The number of aliphatic carboxylic acids is 1. The van der Waals surface area contributed by atoms with E-state index in [1.54, 1.807) is 0 Å². The van der Waals surface area contributed by atoms with Crippen LogP contribution in [0.5, 0.6) is 0 Å². The fourth-order valence-corrected chi connectivity index (χ4v) is 5.10. The first kappa shape index (κ1) is 22.1. The number of nitrogens with one attached hydrogen (secondary N) is 1. The molecular weight excluding hydrogens is 370 g/mol. The molecule has 8 heteroatoms. The third-order valence-corrected chi connectivity index (χ3v) is 6.69. The van der Waals surface area contributed by atoms with Crippen LogP contribution in [0, 0.1) is 0 Å². The van der Waals surface area contributed by atoms with Crippen molar-refractivity contribution in [2.24, 2.45) is 0 Å². The molecule has 1 aliphatic rings. The number of carboxylic acids is 1. The number of carboxylic acid groups (broad SMARTS) is 1. The Kier molecular flexibility index (Phi) is 8.53. The van der Waals surface area contributed by atoms with Crippen LogP contribution >= 0.6 is 11.8 Å². The Morgan fingerprint density at radius 3 is 2.41 bits per heavy atom. The maximum absolute atomic E-state index is 10.7. The second-order valence-electron chi connectivity index (χ2n) is 7.05. The van der Waals surface area contributed by atoms with E-state index in [9.17, 15) is 25.2 Å². The molecule has 1 heterocycles. The van der Waals surface area contributed by atoms with Gasteiger partial charge in [0, 0.05) is 17.8 Å². The lowest BCUT2D eigenvalue weighted by Gasteiger charge is -2.43. The zero-order valence-electron chi connectivity index (χ0n) is 15.3. The molecular formula is C19H29NO6S. The molecule has 0 aliphatic carbocycles. The van der Waals surface area contributed by atoms with Crippen LogP contribution in [-0.4, -0.2) is 79.5 Å². The van der Waals surface area contributed by atoms with Gasteiger partial charge in [-0.05, 0) is 24.8 Å². The predicted molar refractivity (Wildman–Crippen MR) is 104 cm³/mol. The van der Waals surface area contributed by atoms with Gasteiger partial charge in [-0.2, -0.15) is 0 Å². The highest BCUT2D eigenvalue weighted by Crippen LogP contribution is 2.42. The third kappa shape index (κ3) is 5.91. The highest BCUT2D eigenvalue weighted by atomic mass is 32.2. The summed E-state index contributed by atoms with van der Waals surface area (Å²) in [5.74, 6) is -1.01. The summed E-state index contributed by atoms with van der Waals surface area (Å²) in [5.41, 5.74) is 0.987. The van der Waals surface area contributed by atoms with Crippen LogP contribution in [0.1, 0.15) is 31.2 Å². The zero-order chi connectivity index (χ0) is 20.0. The molecule has 1 aliphatic heterocycles. The summed E-state index contributed by atoms with van der Waals surface area (Å²) in [4.78, 5) is 10.7. The van der Waals surface area contributed by atoms with Gasteiger partial charge in [0.25, 0.3) is 0 Å². The van der Waals surface area contributed by atoms with Crippen LogP contribution in [-0.2, 0) is 4.79 Å². The second kappa shape index (κ2) is 10.4. The Morgan fingerprint density at radius 1 is 1.15 bits per heavy atom. The molecule has 0 radical (unpaired) electrons. The summed E-state index contributed by atoms with van der Waals surface area (Å²) in [6.07, 6.45) is -3.01. The molecule has 0 aromatic heterocycles. The molecule has 0 amide bonds. The van der Waals surface area contributed by atoms with Crippen molar-refractivity contribution in [2.75, 3.05) is 13.2 Å². The molecule has 1 saturated heterocycles. The summed E-state index contributed by atoms with van der Waals surface area (Å²) in [5, 5.41) is 51.4. The van der Waals surface area contributed by atoms with Gasteiger partial charge in [-0.1, -0.05) is 30.3 Å². The van der Waals surface area contributed by atoms with Gasteiger partial charge in [-0.25, -0.2) is 0 Å². The second-order valence-corrected chi connectivity index (χ2v) is 8.47. The van der Waals surface area contributed by atoms with Crippen molar-refractivity contribution in [3.63, 3.8) is 0 Å². The fraction of sp³-hybridized carbons (Fsp3) is 0.632. The topological polar surface area (TPSA) is 130 Å². The highest BCUT2D eigenvalue weighted by Gasteiger charge is 2.46. The van der Waals surface area contributed by atoms with Gasteiger partial charge in [-0.3, -0.25) is 4.79 Å². The van der Waals surface area contributed by atoms with Crippen LogP contribution in [0.25, 0.3) is 0 Å². The van der Waals surface area contributed by atoms with E-state index in [1.807, 2.05) is 37.3 Å². The Bertz CT molecular complexity index is 587. The fourth-order valence-electron chi connectivity index (χ4n) is 3.51. The summed E-state index contributed by atoms with van der Waals surface area (Å²) < 4.78 is 0. The first-order valence-corrected chi connectivity index (χ1v) is 10.1. The van der Waals surface area contributed by atoms with Crippen molar-refractivity contribution < 1.29 is 30.3 Å². The maximum atomic E-state index is 10.7. The number of hydrogen-bond donors (Lipinski definition) is 6. The normalized spacial score (nSPS) is 30.6. The zero-order valence-corrected chi connectivity index (χ0v) is 16.1. The minimum absolute atomic E-state index is 0.0149. The van der Waals surface area contributed by atoms with E-state index < -0.39 is 34.8 Å². The van der Waals surface area contributed by atoms with E-state index >= 15 is 0 Å². The first-order valence-electron chi connectivity index (χ1n) is 9.15. The van der Waals surface area contributed by atoms with E-state index in [0.29, 0.717) is 13.0 Å². The molecule has 1 fully saturated rings. The van der Waals surface area contributed by atoms with Crippen molar-refractivity contribution in [1.29, 1.82) is 0 Å². The summed E-state index contributed by atoms with van der Waals surface area (Å²) >= 11 is 1.29. The quantitative estimate of drug-likeness (QED) is 0.347. The van der Waals surface area contributed by atoms with Crippen molar-refractivity contribution in [1.82, 2.24) is 5.32 Å². The maximum Gasteiger partial charge on any atom is 0.304 e. The van der Waals surface area contributed by atoms with Gasteiger partial charge in [-0.15, -0.1) is 11.8 Å². The molecule has 0 spiro atoms. The molecule has 2 rings (SSSR count). The largest absolute Gasteiger partial charge is 0.481 e. The van der Waals surface area contributed by atoms with Crippen molar-refractivity contribution in [2.45, 2.75) is 60.5 Å². The van der Waals surface area contributed by atoms with Gasteiger partial charge in [0.1, 0.15) is 6.10 Å². The van der Waals surface area contributed by atoms with E-state index in [2.05, 4.69) is 5.32 Å². The number of benzene rings is 1. The van der Waals surface area contributed by atoms with E-state index in [4.69, 9.17) is 5.11 Å². The van der Waals surface area contributed by atoms with Gasteiger partial charge < -0.3 is 30.8 Å². The molecule has 7 atom stereocenters. The summed E-state index contributed by atoms with van der Waals surface area (Å²) in [6.45, 7) is 2.01. The van der Waals surface area contributed by atoms with E-state index in [1.165, 1.54) is 11.8 Å². The molecule has 0 bridgehead atoms. The Hall–Kier alpha value is -1.16. The lowest BCUT2D eigenvalue weighted by Crippen LogP contribution is -2.55. The summed E-state index contributed by atoms with van der Waals surface area (Å²) in [6, 6.07) is 9.59. The smallest absolute Gasteiger partial charge is 0.304 e. The van der Waals surface area contributed by atoms with E-state index in [-0.39, 0.29) is 25.0 Å². The van der Waals surface area contributed by atoms with Crippen molar-refractivity contribution >= 4 is 17.7 Å². The van der Waals surface area contributed by atoms with Gasteiger partial charge in [0.05, 0.1) is 30.5 Å². The average molecular weight is 400 g/mol. The third-order valence-electron chi connectivity index (χ3n) is 4.99. The molecule has 1 aromatic rings. The standard InChI is InChI=1S/C19H29NO6S/c1-11(20-8-7-15(22)23)9-13(12-5-3-2-4-6-12)19-18(26)17(25)16(24)14(10-21)27-19/h2-6,11,13-14,16-21,24-26H,7-10H2,1H3,(H,22,23)/t11?,13?,14-,16+,17+,18-,19+/m1/s1. The number of hydrogen-bond acceptors (Lipinski definition) is 7. The Balaban J connectivity index is 2.18. The molecule has 0 saturated carbocycles.